The highest BCUT2D eigenvalue weighted by Gasteiger charge is 2.59. The molecule has 0 aromatic rings. The summed E-state index contributed by atoms with van der Waals surface area (Å²) in [6.07, 6.45) is -2.16. The molecule has 1 saturated heterocycles. The molecular weight excluding hydrogens is 306 g/mol. The quantitative estimate of drug-likeness (QED) is 0.466. The lowest BCUT2D eigenvalue weighted by atomic mass is 9.89. The third kappa shape index (κ3) is 4.82. The summed E-state index contributed by atoms with van der Waals surface area (Å²) >= 11 is 0. The number of fused-ring (bicyclic) bond motifs is 1. The highest BCUT2D eigenvalue weighted by atomic mass is 16.7. The Morgan fingerprint density at radius 2 is 1.61 bits per heavy atom. The van der Waals surface area contributed by atoms with Gasteiger partial charge in [0.15, 0.2) is 12.2 Å². The molecule has 0 aromatic heterocycles. The fourth-order valence-corrected chi connectivity index (χ4v) is 2.70. The van der Waals surface area contributed by atoms with Crippen LogP contribution in [-0.2, 0) is 28.5 Å². The molecule has 8 heteroatoms. The average Bonchev–Trinajstić information content (AvgIpc) is 3.08. The Labute approximate surface area is 134 Å². The van der Waals surface area contributed by atoms with Crippen LogP contribution in [0, 0.1) is 0 Å². The second-order valence-electron chi connectivity index (χ2n) is 6.78. The van der Waals surface area contributed by atoms with E-state index in [1.54, 1.807) is 20.8 Å². The molecule has 0 unspecified atom stereocenters. The van der Waals surface area contributed by atoms with Gasteiger partial charge >= 0.3 is 18.0 Å². The number of rotatable bonds is 3. The Hall–Kier alpha value is -1.83. The molecule has 8 nitrogen and oxygen atoms in total. The van der Waals surface area contributed by atoms with Crippen molar-refractivity contribution in [1.82, 2.24) is 5.32 Å². The van der Waals surface area contributed by atoms with E-state index in [4.69, 9.17) is 18.9 Å². The molecule has 0 aromatic carbocycles. The first kappa shape index (κ1) is 17.5. The number of esters is 2. The topological polar surface area (TPSA) is 103 Å². The van der Waals surface area contributed by atoms with E-state index in [2.05, 4.69) is 5.32 Å². The molecule has 1 aliphatic heterocycles. The van der Waals surface area contributed by atoms with Gasteiger partial charge in [-0.25, -0.2) is 4.79 Å². The number of carbonyl (C=O) groups is 3. The maximum Gasteiger partial charge on any atom is 0.408 e. The van der Waals surface area contributed by atoms with Gasteiger partial charge in [-0.2, -0.15) is 0 Å². The largest absolute Gasteiger partial charge is 0.456 e. The van der Waals surface area contributed by atoms with Gasteiger partial charge in [-0.3, -0.25) is 9.59 Å². The second kappa shape index (κ2) is 6.35. The van der Waals surface area contributed by atoms with Crippen molar-refractivity contribution in [3.8, 4) is 0 Å². The van der Waals surface area contributed by atoms with Gasteiger partial charge < -0.3 is 24.3 Å². The number of hydrogen-bond acceptors (Lipinski definition) is 7. The van der Waals surface area contributed by atoms with E-state index in [0.717, 1.165) is 0 Å². The van der Waals surface area contributed by atoms with Crippen LogP contribution in [0.25, 0.3) is 0 Å². The molecule has 1 heterocycles. The van der Waals surface area contributed by atoms with Crippen molar-refractivity contribution in [3.05, 3.63) is 0 Å². The lowest BCUT2D eigenvalue weighted by Gasteiger charge is -2.35. The zero-order chi connectivity index (χ0) is 17.4. The third-order valence-electron chi connectivity index (χ3n) is 3.46. The molecule has 0 spiro atoms. The zero-order valence-corrected chi connectivity index (χ0v) is 14.0. The van der Waals surface area contributed by atoms with Crippen molar-refractivity contribution in [1.29, 1.82) is 0 Å². The molecular formula is C15H23NO7. The molecule has 1 aliphatic carbocycles. The molecule has 0 radical (unpaired) electrons. The van der Waals surface area contributed by atoms with Crippen molar-refractivity contribution in [2.45, 2.75) is 77.1 Å². The highest BCUT2D eigenvalue weighted by Crippen LogP contribution is 2.40. The van der Waals surface area contributed by atoms with E-state index in [1.165, 1.54) is 13.8 Å². The Morgan fingerprint density at radius 1 is 1.04 bits per heavy atom. The molecule has 130 valence electrons. The SMILES string of the molecule is CC(=O)O[C@@H]1[C@H]2O[C@H]2C[C@@H](NC(=O)OC(C)(C)C)[C@H]1OC(C)=O. The molecule has 1 N–H and O–H groups in total. The minimum Gasteiger partial charge on any atom is -0.456 e. The maximum atomic E-state index is 12.0. The van der Waals surface area contributed by atoms with Crippen LogP contribution in [0.2, 0.25) is 0 Å². The Kier molecular flexibility index (Phi) is 4.84. The van der Waals surface area contributed by atoms with Gasteiger partial charge in [0.2, 0.25) is 0 Å². The molecule has 0 bridgehead atoms. The van der Waals surface area contributed by atoms with Crippen molar-refractivity contribution >= 4 is 18.0 Å². The minimum absolute atomic E-state index is 0.133. The number of epoxide rings is 1. The first-order chi connectivity index (χ1) is 10.6. The van der Waals surface area contributed by atoms with Crippen molar-refractivity contribution < 1.29 is 33.3 Å². The monoisotopic (exact) mass is 329 g/mol. The number of ether oxygens (including phenoxy) is 4. The van der Waals surface area contributed by atoms with E-state index in [1.807, 2.05) is 0 Å². The third-order valence-corrected chi connectivity index (χ3v) is 3.46. The summed E-state index contributed by atoms with van der Waals surface area (Å²) in [5.41, 5.74) is -0.649. The van der Waals surface area contributed by atoms with Gasteiger partial charge in [0.05, 0.1) is 12.1 Å². The highest BCUT2D eigenvalue weighted by molar-refractivity contribution is 5.69. The first-order valence-corrected chi connectivity index (χ1v) is 7.56. The van der Waals surface area contributed by atoms with Gasteiger partial charge in [0.1, 0.15) is 11.7 Å². The number of amides is 1. The molecule has 23 heavy (non-hydrogen) atoms. The smallest absolute Gasteiger partial charge is 0.408 e. The molecule has 1 saturated carbocycles. The lowest BCUT2D eigenvalue weighted by Crippen LogP contribution is -2.57. The van der Waals surface area contributed by atoms with E-state index in [9.17, 15) is 14.4 Å². The van der Waals surface area contributed by atoms with Crippen LogP contribution >= 0.6 is 0 Å². The summed E-state index contributed by atoms with van der Waals surface area (Å²) in [5, 5.41) is 2.68. The molecule has 2 aliphatic rings. The fraction of sp³-hybridized carbons (Fsp3) is 0.800. The van der Waals surface area contributed by atoms with E-state index >= 15 is 0 Å². The Morgan fingerprint density at radius 3 is 2.13 bits per heavy atom. The summed E-state index contributed by atoms with van der Waals surface area (Å²) in [6.45, 7) is 7.78. The summed E-state index contributed by atoms with van der Waals surface area (Å²) in [6, 6.07) is -0.554. The van der Waals surface area contributed by atoms with Crippen LogP contribution < -0.4 is 5.32 Å². The molecule has 2 rings (SSSR count). The maximum absolute atomic E-state index is 12.0. The number of alkyl carbamates (subject to hydrolysis) is 1. The van der Waals surface area contributed by atoms with E-state index in [-0.39, 0.29) is 12.2 Å². The van der Waals surface area contributed by atoms with Crippen LogP contribution in [0.5, 0.6) is 0 Å². The molecule has 2 fully saturated rings. The van der Waals surface area contributed by atoms with E-state index in [0.29, 0.717) is 6.42 Å². The van der Waals surface area contributed by atoms with Gasteiger partial charge in [0, 0.05) is 20.3 Å². The van der Waals surface area contributed by atoms with Gasteiger partial charge in [-0.15, -0.1) is 0 Å². The predicted octanol–water partition coefficient (Wildman–Crippen LogP) is 0.914. The van der Waals surface area contributed by atoms with Gasteiger partial charge in [-0.05, 0) is 20.8 Å². The predicted molar refractivity (Wildman–Crippen MR) is 77.5 cm³/mol. The van der Waals surface area contributed by atoms with Gasteiger partial charge in [-0.1, -0.05) is 0 Å². The summed E-state index contributed by atoms with van der Waals surface area (Å²) in [5.74, 6) is -1.03. The second-order valence-corrected chi connectivity index (χ2v) is 6.78. The normalized spacial score (nSPS) is 32.3. The van der Waals surface area contributed by atoms with Crippen LogP contribution in [0.4, 0.5) is 4.79 Å². The van der Waals surface area contributed by atoms with Crippen molar-refractivity contribution in [3.63, 3.8) is 0 Å². The number of nitrogens with one attached hydrogen (secondary N) is 1. The summed E-state index contributed by atoms with van der Waals surface area (Å²) < 4.78 is 21.2. The van der Waals surface area contributed by atoms with Crippen molar-refractivity contribution in [2.75, 3.05) is 0 Å². The lowest BCUT2D eigenvalue weighted by molar-refractivity contribution is -0.170. The van der Waals surface area contributed by atoms with Crippen LogP contribution in [-0.4, -0.2) is 54.1 Å². The average molecular weight is 329 g/mol. The first-order valence-electron chi connectivity index (χ1n) is 7.56. The molecule has 1 amide bonds. The minimum atomic E-state index is -0.812. The molecule has 5 atom stereocenters. The summed E-state index contributed by atoms with van der Waals surface area (Å²) in [7, 11) is 0. The zero-order valence-electron chi connectivity index (χ0n) is 14.0. The van der Waals surface area contributed by atoms with Gasteiger partial charge in [0.25, 0.3) is 0 Å². The number of hydrogen-bond donors (Lipinski definition) is 1. The standard InChI is InChI=1S/C15H23NO7/c1-7(17)20-11-9(16-14(19)23-15(3,4)5)6-10-12(22-10)13(11)21-8(2)18/h9-13H,6H2,1-5H3,(H,16,19)/t9-,10+,11-,12+,13+/m1/s1. The van der Waals surface area contributed by atoms with Crippen molar-refractivity contribution in [2.24, 2.45) is 0 Å². The number of carbonyl (C=O) groups excluding carboxylic acids is 3. The van der Waals surface area contributed by atoms with E-state index < -0.39 is 41.9 Å². The van der Waals surface area contributed by atoms with Crippen LogP contribution in [0.15, 0.2) is 0 Å². The van der Waals surface area contributed by atoms with Crippen LogP contribution in [0.1, 0.15) is 41.0 Å². The Bertz CT molecular complexity index is 499. The van der Waals surface area contributed by atoms with Crippen LogP contribution in [0.3, 0.4) is 0 Å². The fourth-order valence-electron chi connectivity index (χ4n) is 2.70. The summed E-state index contributed by atoms with van der Waals surface area (Å²) in [4.78, 5) is 34.7. The Balaban J connectivity index is 2.10.